The molecule has 6 nitrogen and oxygen atoms in total. The van der Waals surface area contributed by atoms with Gasteiger partial charge in [0.2, 0.25) is 0 Å². The summed E-state index contributed by atoms with van der Waals surface area (Å²) in [5.41, 5.74) is 1.46. The van der Waals surface area contributed by atoms with Crippen LogP contribution in [-0.4, -0.2) is 27.7 Å². The fourth-order valence-electron chi connectivity index (χ4n) is 2.56. The third-order valence-corrected chi connectivity index (χ3v) is 6.22. The van der Waals surface area contributed by atoms with Crippen molar-refractivity contribution in [2.75, 3.05) is 23.4 Å². The Balaban J connectivity index is 1.71. The van der Waals surface area contributed by atoms with E-state index in [0.29, 0.717) is 22.7 Å². The molecule has 8 heteroatoms. The van der Waals surface area contributed by atoms with Crippen LogP contribution in [0.5, 0.6) is 5.75 Å². The number of hydrogen-bond acceptors (Lipinski definition) is 5. The lowest BCUT2D eigenvalue weighted by Crippen LogP contribution is -2.14. The van der Waals surface area contributed by atoms with Crippen molar-refractivity contribution in [3.05, 3.63) is 78.4 Å². The highest BCUT2D eigenvalue weighted by molar-refractivity contribution is 7.98. The highest BCUT2D eigenvalue weighted by Crippen LogP contribution is 2.21. The number of sulfonamides is 1. The Hall–Kier alpha value is -2.97. The summed E-state index contributed by atoms with van der Waals surface area (Å²) in [6, 6.07) is 19.8. The topological polar surface area (TPSA) is 84.5 Å². The van der Waals surface area contributed by atoms with Gasteiger partial charge >= 0.3 is 0 Å². The third kappa shape index (κ3) is 5.30. The molecule has 2 N–H and O–H groups in total. The summed E-state index contributed by atoms with van der Waals surface area (Å²) in [6.07, 6.45) is 1.96. The first-order chi connectivity index (χ1) is 13.9. The van der Waals surface area contributed by atoms with E-state index in [0.717, 1.165) is 4.90 Å². The largest absolute Gasteiger partial charge is 0.497 e. The van der Waals surface area contributed by atoms with E-state index < -0.39 is 10.0 Å². The molecule has 3 aromatic rings. The molecule has 0 aliphatic heterocycles. The van der Waals surface area contributed by atoms with Crippen molar-refractivity contribution in [3.63, 3.8) is 0 Å². The van der Waals surface area contributed by atoms with Crippen molar-refractivity contribution in [1.82, 2.24) is 0 Å². The number of carbonyl (C=O) groups excluding carboxylic acids is 1. The highest BCUT2D eigenvalue weighted by Gasteiger charge is 2.15. The number of anilines is 2. The van der Waals surface area contributed by atoms with Crippen LogP contribution in [0.25, 0.3) is 0 Å². The summed E-state index contributed by atoms with van der Waals surface area (Å²) < 4.78 is 32.7. The van der Waals surface area contributed by atoms with E-state index >= 15 is 0 Å². The molecule has 29 heavy (non-hydrogen) atoms. The van der Waals surface area contributed by atoms with Crippen LogP contribution in [0.15, 0.2) is 82.6 Å². The number of benzene rings is 3. The molecule has 0 saturated carbocycles. The minimum atomic E-state index is -3.77. The number of ether oxygens (including phenoxy) is 1. The Bertz CT molecular complexity index is 1100. The summed E-state index contributed by atoms with van der Waals surface area (Å²) in [7, 11) is -2.23. The van der Waals surface area contributed by atoms with E-state index in [1.165, 1.54) is 31.4 Å². The lowest BCUT2D eigenvalue weighted by Gasteiger charge is -2.10. The minimum absolute atomic E-state index is 0.0641. The SMILES string of the molecule is COc1ccc(NS(=O)(=O)c2ccc(C(=O)Nc3cccc(SC)c3)cc2)cc1. The molecule has 0 spiro atoms. The van der Waals surface area contributed by atoms with Crippen LogP contribution in [0.3, 0.4) is 0 Å². The molecule has 0 aliphatic rings. The van der Waals surface area contributed by atoms with Crippen LogP contribution in [0.4, 0.5) is 11.4 Å². The second kappa shape index (κ2) is 9.02. The zero-order chi connectivity index (χ0) is 20.9. The smallest absolute Gasteiger partial charge is 0.261 e. The Morgan fingerprint density at radius 3 is 2.24 bits per heavy atom. The first kappa shape index (κ1) is 20.8. The lowest BCUT2D eigenvalue weighted by molar-refractivity contribution is 0.102. The standard InChI is InChI=1S/C21H20N2O4S2/c1-27-18-10-8-16(9-11-18)23-29(25,26)20-12-6-15(7-13-20)21(24)22-17-4-3-5-19(14-17)28-2/h3-14,23H,1-2H3,(H,22,24). The molecule has 0 bridgehead atoms. The zero-order valence-electron chi connectivity index (χ0n) is 15.9. The molecule has 150 valence electrons. The number of nitrogens with one attached hydrogen (secondary N) is 2. The van der Waals surface area contributed by atoms with E-state index in [-0.39, 0.29) is 10.8 Å². The Labute approximate surface area is 174 Å². The predicted molar refractivity (Wildman–Crippen MR) is 116 cm³/mol. The van der Waals surface area contributed by atoms with Crippen molar-refractivity contribution in [2.24, 2.45) is 0 Å². The van der Waals surface area contributed by atoms with Gasteiger partial charge in [0.25, 0.3) is 15.9 Å². The van der Waals surface area contributed by atoms with Crippen molar-refractivity contribution in [1.29, 1.82) is 0 Å². The first-order valence-electron chi connectivity index (χ1n) is 8.63. The van der Waals surface area contributed by atoms with Gasteiger partial charge in [0.15, 0.2) is 0 Å². The summed E-state index contributed by atoms with van der Waals surface area (Å²) in [5.74, 6) is 0.321. The van der Waals surface area contributed by atoms with Gasteiger partial charge in [-0.1, -0.05) is 6.07 Å². The van der Waals surface area contributed by atoms with Gasteiger partial charge in [-0.05, 0) is 73.0 Å². The monoisotopic (exact) mass is 428 g/mol. The molecule has 0 aliphatic carbocycles. The van der Waals surface area contributed by atoms with Crippen molar-refractivity contribution >= 4 is 39.1 Å². The molecule has 0 fully saturated rings. The van der Waals surface area contributed by atoms with Crippen molar-refractivity contribution in [2.45, 2.75) is 9.79 Å². The van der Waals surface area contributed by atoms with Gasteiger partial charge in [0.05, 0.1) is 12.0 Å². The van der Waals surface area contributed by atoms with E-state index in [1.807, 2.05) is 24.5 Å². The van der Waals surface area contributed by atoms with Gasteiger partial charge < -0.3 is 10.1 Å². The Morgan fingerprint density at radius 1 is 0.931 bits per heavy atom. The fraction of sp³-hybridized carbons (Fsp3) is 0.0952. The maximum atomic E-state index is 12.6. The van der Waals surface area contributed by atoms with Gasteiger partial charge in [-0.15, -0.1) is 11.8 Å². The van der Waals surface area contributed by atoms with Crippen LogP contribution >= 0.6 is 11.8 Å². The normalized spacial score (nSPS) is 11.0. The molecule has 3 aromatic carbocycles. The number of methoxy groups -OCH3 is 1. The summed E-state index contributed by atoms with van der Waals surface area (Å²) in [6.45, 7) is 0. The maximum absolute atomic E-state index is 12.6. The summed E-state index contributed by atoms with van der Waals surface area (Å²) in [4.78, 5) is 13.5. The van der Waals surface area contributed by atoms with Crippen molar-refractivity contribution in [3.8, 4) is 5.75 Å². The molecular formula is C21H20N2O4S2. The predicted octanol–water partition coefficient (Wildman–Crippen LogP) is 4.47. The second-order valence-corrected chi connectivity index (χ2v) is 8.61. The van der Waals surface area contributed by atoms with Crippen LogP contribution < -0.4 is 14.8 Å². The molecule has 0 radical (unpaired) electrons. The maximum Gasteiger partial charge on any atom is 0.261 e. The molecule has 1 amide bonds. The number of carbonyl (C=O) groups is 1. The number of amides is 1. The Kier molecular flexibility index (Phi) is 6.46. The van der Waals surface area contributed by atoms with Gasteiger partial charge in [-0.2, -0.15) is 0 Å². The first-order valence-corrected chi connectivity index (χ1v) is 11.3. The molecule has 0 heterocycles. The molecule has 0 saturated heterocycles. The second-order valence-electron chi connectivity index (χ2n) is 6.04. The van der Waals surface area contributed by atoms with E-state index in [1.54, 1.807) is 42.1 Å². The van der Waals surface area contributed by atoms with Gasteiger partial charge in [0, 0.05) is 21.8 Å². The Morgan fingerprint density at radius 2 is 1.62 bits per heavy atom. The molecule has 0 atom stereocenters. The molecule has 3 rings (SSSR count). The molecular weight excluding hydrogens is 408 g/mol. The zero-order valence-corrected chi connectivity index (χ0v) is 17.5. The van der Waals surface area contributed by atoms with Gasteiger partial charge in [-0.3, -0.25) is 9.52 Å². The van der Waals surface area contributed by atoms with Gasteiger partial charge in [-0.25, -0.2) is 8.42 Å². The van der Waals surface area contributed by atoms with E-state index in [4.69, 9.17) is 4.74 Å². The molecule has 0 aromatic heterocycles. The van der Waals surface area contributed by atoms with Crippen LogP contribution in [0.2, 0.25) is 0 Å². The number of thioether (sulfide) groups is 1. The van der Waals surface area contributed by atoms with Crippen LogP contribution in [-0.2, 0) is 10.0 Å². The summed E-state index contributed by atoms with van der Waals surface area (Å²) in [5, 5.41) is 2.81. The van der Waals surface area contributed by atoms with Crippen LogP contribution in [0, 0.1) is 0 Å². The average Bonchev–Trinajstić information content (AvgIpc) is 2.74. The van der Waals surface area contributed by atoms with Crippen LogP contribution in [0.1, 0.15) is 10.4 Å². The minimum Gasteiger partial charge on any atom is -0.497 e. The highest BCUT2D eigenvalue weighted by atomic mass is 32.2. The third-order valence-electron chi connectivity index (χ3n) is 4.10. The molecule has 0 unspecified atom stereocenters. The number of rotatable bonds is 7. The summed E-state index contributed by atoms with van der Waals surface area (Å²) >= 11 is 1.58. The average molecular weight is 429 g/mol. The van der Waals surface area contributed by atoms with Gasteiger partial charge in [0.1, 0.15) is 5.75 Å². The van der Waals surface area contributed by atoms with Crippen molar-refractivity contribution < 1.29 is 17.9 Å². The van der Waals surface area contributed by atoms with E-state index in [9.17, 15) is 13.2 Å². The lowest BCUT2D eigenvalue weighted by atomic mass is 10.2. The number of hydrogen-bond donors (Lipinski definition) is 2. The van der Waals surface area contributed by atoms with E-state index in [2.05, 4.69) is 10.0 Å². The fourth-order valence-corrected chi connectivity index (χ4v) is 4.08. The quantitative estimate of drug-likeness (QED) is 0.543.